The zero-order valence-corrected chi connectivity index (χ0v) is 21.7. The number of hydrogen-bond donors (Lipinski definition) is 3. The van der Waals surface area contributed by atoms with E-state index in [1.165, 1.54) is 6.07 Å². The second kappa shape index (κ2) is 10.3. The molecule has 204 valence electrons. The monoisotopic (exact) mass is 536 g/mol. The maximum absolute atomic E-state index is 14.6. The zero-order chi connectivity index (χ0) is 27.9. The Hall–Kier alpha value is -3.93. The molecule has 0 unspecified atom stereocenters. The number of aryl methyl sites for hydroxylation is 1. The quantitative estimate of drug-likeness (QED) is 0.176. The lowest BCUT2D eigenvalue weighted by molar-refractivity contribution is -0.172. The summed E-state index contributed by atoms with van der Waals surface area (Å²) in [5.74, 6) is -1.50. The predicted octanol–water partition coefficient (Wildman–Crippen LogP) is 1.98. The molecule has 39 heavy (non-hydrogen) atoms. The Kier molecular flexibility index (Phi) is 7.06. The van der Waals surface area contributed by atoms with Crippen molar-refractivity contribution in [3.8, 4) is 11.4 Å². The number of carbonyl (C=O) groups is 2. The Morgan fingerprint density at radius 3 is 2.87 bits per heavy atom. The standard InChI is InChI=1S/C28H29FN4O6/c1-3-28(37)20-9-23-25-18(12-33(23)26(35)19(20)13-39-27(28)36)16(6-4-5-7-38-14-31-24(34)11-30)17-8-15(2)21(29)10-22(17)32-25/h4,6,8-10,37H,3,5,7,11-14,30H2,1-2H3,(H,31,34)/b6-4+/t28-/m0/s1. The van der Waals surface area contributed by atoms with Crippen molar-refractivity contribution in [3.05, 3.63) is 68.3 Å². The van der Waals surface area contributed by atoms with Gasteiger partial charge in [-0.3, -0.25) is 9.59 Å². The predicted molar refractivity (Wildman–Crippen MR) is 141 cm³/mol. The molecule has 2 aromatic heterocycles. The van der Waals surface area contributed by atoms with Gasteiger partial charge in [0, 0.05) is 22.6 Å². The van der Waals surface area contributed by atoms with Crippen LogP contribution in [0.2, 0.25) is 0 Å². The van der Waals surface area contributed by atoms with Gasteiger partial charge in [0.15, 0.2) is 5.60 Å². The first-order valence-corrected chi connectivity index (χ1v) is 12.7. The summed E-state index contributed by atoms with van der Waals surface area (Å²) < 4.78 is 26.7. The summed E-state index contributed by atoms with van der Waals surface area (Å²) in [4.78, 5) is 41.9. The second-order valence-electron chi connectivity index (χ2n) is 9.62. The molecule has 0 radical (unpaired) electrons. The fraction of sp³-hybridized carbons (Fsp3) is 0.357. The number of aromatic nitrogens is 2. The summed E-state index contributed by atoms with van der Waals surface area (Å²) in [6.45, 7) is 3.60. The SMILES string of the molecule is CC[C@@]1(O)C(=O)OCc2c1cc1n(c2=O)Cc2c-1nc1cc(F)c(C)cc1c2/C=C/CCOCNC(=O)CN. The minimum absolute atomic E-state index is 0.0379. The molecule has 2 aliphatic heterocycles. The summed E-state index contributed by atoms with van der Waals surface area (Å²) in [6, 6.07) is 4.73. The van der Waals surface area contributed by atoms with Gasteiger partial charge in [-0.1, -0.05) is 19.1 Å². The highest BCUT2D eigenvalue weighted by atomic mass is 19.1. The zero-order valence-electron chi connectivity index (χ0n) is 21.7. The molecule has 4 heterocycles. The molecule has 0 saturated carbocycles. The van der Waals surface area contributed by atoms with Gasteiger partial charge in [0.2, 0.25) is 5.91 Å². The smallest absolute Gasteiger partial charge is 0.343 e. The van der Waals surface area contributed by atoms with E-state index < -0.39 is 17.4 Å². The normalized spacial score (nSPS) is 17.7. The third kappa shape index (κ3) is 4.52. The number of nitrogens with two attached hydrogens (primary N) is 1. The maximum Gasteiger partial charge on any atom is 0.343 e. The number of nitrogens with one attached hydrogen (secondary N) is 1. The number of pyridine rings is 2. The lowest BCUT2D eigenvalue weighted by Crippen LogP contribution is -2.44. The van der Waals surface area contributed by atoms with Crippen LogP contribution in [0, 0.1) is 12.7 Å². The Bertz CT molecular complexity index is 1600. The summed E-state index contributed by atoms with van der Waals surface area (Å²) >= 11 is 0. The molecule has 5 rings (SSSR count). The highest BCUT2D eigenvalue weighted by Crippen LogP contribution is 2.40. The minimum Gasteiger partial charge on any atom is -0.458 e. The van der Waals surface area contributed by atoms with Crippen LogP contribution >= 0.6 is 0 Å². The number of fused-ring (bicyclic) bond motifs is 5. The van der Waals surface area contributed by atoms with Crippen LogP contribution in [-0.2, 0) is 37.8 Å². The molecule has 10 nitrogen and oxygen atoms in total. The molecule has 11 heteroatoms. The van der Waals surface area contributed by atoms with Crippen molar-refractivity contribution in [1.82, 2.24) is 14.9 Å². The maximum atomic E-state index is 14.6. The van der Waals surface area contributed by atoms with Crippen molar-refractivity contribution in [3.63, 3.8) is 0 Å². The Morgan fingerprint density at radius 2 is 2.13 bits per heavy atom. The molecule has 0 aliphatic carbocycles. The van der Waals surface area contributed by atoms with Gasteiger partial charge < -0.3 is 30.2 Å². The molecular formula is C28H29FN4O6. The Balaban J connectivity index is 1.57. The summed E-state index contributed by atoms with van der Waals surface area (Å²) in [7, 11) is 0. The van der Waals surface area contributed by atoms with E-state index in [4.69, 9.17) is 20.2 Å². The third-order valence-corrected chi connectivity index (χ3v) is 7.28. The number of cyclic esters (lactones) is 1. The third-order valence-electron chi connectivity index (χ3n) is 7.28. The van der Waals surface area contributed by atoms with Crippen LogP contribution in [0.3, 0.4) is 0 Å². The highest BCUT2D eigenvalue weighted by molar-refractivity contribution is 5.94. The number of rotatable bonds is 8. The average molecular weight is 537 g/mol. The molecule has 3 aromatic rings. The number of nitrogens with zero attached hydrogens (tertiary/aromatic N) is 2. The number of amides is 1. The summed E-state index contributed by atoms with van der Waals surface area (Å²) in [5, 5.41) is 14.4. The van der Waals surface area contributed by atoms with Crippen molar-refractivity contribution in [2.75, 3.05) is 19.9 Å². The van der Waals surface area contributed by atoms with Gasteiger partial charge in [-0.15, -0.1) is 0 Å². The first kappa shape index (κ1) is 26.7. The van der Waals surface area contributed by atoms with E-state index in [1.54, 1.807) is 30.5 Å². The van der Waals surface area contributed by atoms with Gasteiger partial charge >= 0.3 is 5.97 Å². The largest absolute Gasteiger partial charge is 0.458 e. The van der Waals surface area contributed by atoms with Crippen LogP contribution in [0.15, 0.2) is 29.1 Å². The molecule has 1 amide bonds. The Morgan fingerprint density at radius 1 is 1.33 bits per heavy atom. The van der Waals surface area contributed by atoms with Gasteiger partial charge in [0.1, 0.15) is 19.2 Å². The van der Waals surface area contributed by atoms with E-state index in [1.807, 2.05) is 12.2 Å². The number of ether oxygens (including phenoxy) is 2. The first-order valence-electron chi connectivity index (χ1n) is 12.7. The molecule has 0 bridgehead atoms. The number of benzene rings is 1. The Labute approximate surface area is 223 Å². The molecular weight excluding hydrogens is 507 g/mol. The average Bonchev–Trinajstić information content (AvgIpc) is 3.29. The number of aliphatic hydroxyl groups is 1. The van der Waals surface area contributed by atoms with Gasteiger partial charge in [-0.2, -0.15) is 0 Å². The van der Waals surface area contributed by atoms with Crippen LogP contribution in [-0.4, -0.2) is 46.4 Å². The lowest BCUT2D eigenvalue weighted by Gasteiger charge is -2.31. The van der Waals surface area contributed by atoms with Crippen LogP contribution < -0.4 is 16.6 Å². The number of carbonyl (C=O) groups excluding carboxylic acids is 2. The van der Waals surface area contributed by atoms with Crippen LogP contribution in [0.5, 0.6) is 0 Å². The fourth-order valence-electron chi connectivity index (χ4n) is 5.06. The molecule has 1 aromatic carbocycles. The van der Waals surface area contributed by atoms with Crippen molar-refractivity contribution < 1.29 is 28.6 Å². The molecule has 1 atom stereocenters. The van der Waals surface area contributed by atoms with Crippen LogP contribution in [0.4, 0.5) is 4.39 Å². The molecule has 0 spiro atoms. The lowest BCUT2D eigenvalue weighted by atomic mass is 9.86. The second-order valence-corrected chi connectivity index (χ2v) is 9.62. The molecule has 4 N–H and O–H groups in total. The fourth-order valence-corrected chi connectivity index (χ4v) is 5.06. The minimum atomic E-state index is -1.93. The van der Waals surface area contributed by atoms with Gasteiger partial charge in [-0.25, -0.2) is 14.2 Å². The van der Waals surface area contributed by atoms with Gasteiger partial charge in [0.05, 0.1) is 42.2 Å². The van der Waals surface area contributed by atoms with E-state index in [9.17, 15) is 23.9 Å². The summed E-state index contributed by atoms with van der Waals surface area (Å²) in [6.07, 6.45) is 4.36. The van der Waals surface area contributed by atoms with Crippen molar-refractivity contribution in [1.29, 1.82) is 0 Å². The van der Waals surface area contributed by atoms with E-state index in [2.05, 4.69) is 5.32 Å². The van der Waals surface area contributed by atoms with E-state index in [0.29, 0.717) is 35.5 Å². The van der Waals surface area contributed by atoms with Gasteiger partial charge in [-0.05, 0) is 43.0 Å². The number of halogens is 1. The topological polar surface area (TPSA) is 146 Å². The molecule has 2 aliphatic rings. The first-order chi connectivity index (χ1) is 18.7. The van der Waals surface area contributed by atoms with Crippen molar-refractivity contribution in [2.45, 2.75) is 45.4 Å². The van der Waals surface area contributed by atoms with Crippen molar-refractivity contribution >= 4 is 28.9 Å². The molecule has 0 fully saturated rings. The van der Waals surface area contributed by atoms with Crippen LogP contribution in [0.1, 0.15) is 47.6 Å². The summed E-state index contributed by atoms with van der Waals surface area (Å²) in [5.41, 5.74) is 6.78. The van der Waals surface area contributed by atoms with Crippen molar-refractivity contribution in [2.24, 2.45) is 5.73 Å². The number of esters is 1. The number of hydrogen-bond acceptors (Lipinski definition) is 8. The van der Waals surface area contributed by atoms with E-state index in [-0.39, 0.29) is 55.4 Å². The van der Waals surface area contributed by atoms with Crippen LogP contribution in [0.25, 0.3) is 28.4 Å². The van der Waals surface area contributed by atoms with Gasteiger partial charge in [0.25, 0.3) is 5.56 Å². The highest BCUT2D eigenvalue weighted by Gasteiger charge is 2.45. The van der Waals surface area contributed by atoms with E-state index >= 15 is 0 Å². The van der Waals surface area contributed by atoms with E-state index in [0.717, 1.165) is 16.5 Å². The molecule has 0 saturated heterocycles.